The lowest BCUT2D eigenvalue weighted by atomic mass is 10.2. The molecule has 1 aromatic rings. The summed E-state index contributed by atoms with van der Waals surface area (Å²) >= 11 is 1.74. The zero-order chi connectivity index (χ0) is 13.4. The third-order valence-corrected chi connectivity index (χ3v) is 3.66. The first-order valence-corrected chi connectivity index (χ1v) is 7.30. The lowest BCUT2D eigenvalue weighted by Gasteiger charge is -2.14. The van der Waals surface area contributed by atoms with Crippen LogP contribution in [0.3, 0.4) is 0 Å². The first kappa shape index (κ1) is 15.1. The monoisotopic (exact) mass is 267 g/mol. The molecule has 3 nitrogen and oxygen atoms in total. The number of ether oxygens (including phenoxy) is 1. The van der Waals surface area contributed by atoms with Crippen LogP contribution < -0.4 is 5.32 Å². The molecule has 0 aromatic heterocycles. The minimum absolute atomic E-state index is 0.170. The highest BCUT2D eigenvalue weighted by Crippen LogP contribution is 2.14. The lowest BCUT2D eigenvalue weighted by Crippen LogP contribution is -2.37. The molecule has 0 fully saturated rings. The quantitative estimate of drug-likeness (QED) is 0.770. The Morgan fingerprint density at radius 2 is 2.28 bits per heavy atom. The van der Waals surface area contributed by atoms with Crippen LogP contribution in [0.4, 0.5) is 0 Å². The molecule has 4 heteroatoms. The third-order valence-electron chi connectivity index (χ3n) is 2.56. The number of benzene rings is 1. The highest BCUT2D eigenvalue weighted by Gasteiger charge is 2.17. The molecule has 0 bridgehead atoms. The first-order chi connectivity index (χ1) is 8.67. The number of carbonyl (C=O) groups is 1. The molecule has 1 N–H and O–H groups in total. The molecule has 0 aliphatic heterocycles. The van der Waals surface area contributed by atoms with E-state index in [4.69, 9.17) is 4.74 Å². The summed E-state index contributed by atoms with van der Waals surface area (Å²) in [6, 6.07) is 8.21. The van der Waals surface area contributed by atoms with Crippen LogP contribution in [0.15, 0.2) is 24.3 Å². The number of esters is 1. The summed E-state index contributed by atoms with van der Waals surface area (Å²) < 4.78 is 5.00. The van der Waals surface area contributed by atoms with E-state index in [0.717, 1.165) is 11.5 Å². The molecule has 0 aliphatic rings. The van der Waals surface area contributed by atoms with Crippen LogP contribution in [0.1, 0.15) is 18.1 Å². The van der Waals surface area contributed by atoms with E-state index in [2.05, 4.69) is 36.5 Å². The van der Waals surface area contributed by atoms with Crippen molar-refractivity contribution in [2.24, 2.45) is 0 Å². The molecule has 0 radical (unpaired) electrons. The SMILES string of the molecule is CCOC(=O)C(CSCc1cccc(C)c1)NC. The van der Waals surface area contributed by atoms with E-state index < -0.39 is 0 Å². The van der Waals surface area contributed by atoms with Gasteiger partial charge in [-0.1, -0.05) is 29.8 Å². The van der Waals surface area contributed by atoms with E-state index in [1.54, 1.807) is 18.8 Å². The predicted octanol–water partition coefficient (Wildman–Crippen LogP) is 2.38. The molecule has 0 spiro atoms. The van der Waals surface area contributed by atoms with Crippen LogP contribution in [0.25, 0.3) is 0 Å². The van der Waals surface area contributed by atoms with Crippen molar-refractivity contribution in [3.05, 3.63) is 35.4 Å². The van der Waals surface area contributed by atoms with E-state index in [1.165, 1.54) is 11.1 Å². The third kappa shape index (κ3) is 5.10. The summed E-state index contributed by atoms with van der Waals surface area (Å²) in [5, 5.41) is 2.99. The van der Waals surface area contributed by atoms with Gasteiger partial charge in [-0.15, -0.1) is 0 Å². The van der Waals surface area contributed by atoms with Crippen LogP contribution in [0.5, 0.6) is 0 Å². The van der Waals surface area contributed by atoms with Gasteiger partial charge in [0.1, 0.15) is 6.04 Å². The smallest absolute Gasteiger partial charge is 0.323 e. The van der Waals surface area contributed by atoms with Gasteiger partial charge < -0.3 is 10.1 Å². The topological polar surface area (TPSA) is 38.3 Å². The Labute approximate surface area is 113 Å². The molecule has 1 atom stereocenters. The van der Waals surface area contributed by atoms with Crippen molar-refractivity contribution in [2.75, 3.05) is 19.4 Å². The molecule has 18 heavy (non-hydrogen) atoms. The van der Waals surface area contributed by atoms with E-state index in [-0.39, 0.29) is 12.0 Å². The van der Waals surface area contributed by atoms with Crippen LogP contribution in [0.2, 0.25) is 0 Å². The minimum atomic E-state index is -0.222. The first-order valence-electron chi connectivity index (χ1n) is 6.14. The van der Waals surface area contributed by atoms with Crippen molar-refractivity contribution >= 4 is 17.7 Å². The minimum Gasteiger partial charge on any atom is -0.465 e. The van der Waals surface area contributed by atoms with Crippen molar-refractivity contribution in [1.82, 2.24) is 5.32 Å². The maximum absolute atomic E-state index is 11.6. The zero-order valence-corrected chi connectivity index (χ0v) is 12.0. The summed E-state index contributed by atoms with van der Waals surface area (Å²) in [4.78, 5) is 11.6. The number of rotatable bonds is 7. The summed E-state index contributed by atoms with van der Waals surface area (Å²) in [5.41, 5.74) is 2.56. The molecule has 1 unspecified atom stereocenters. The van der Waals surface area contributed by atoms with Gasteiger partial charge >= 0.3 is 5.97 Å². The molecule has 100 valence electrons. The molecule has 0 saturated heterocycles. The zero-order valence-electron chi connectivity index (χ0n) is 11.2. The maximum Gasteiger partial charge on any atom is 0.323 e. The van der Waals surface area contributed by atoms with E-state index in [0.29, 0.717) is 6.61 Å². The number of hydrogen-bond acceptors (Lipinski definition) is 4. The highest BCUT2D eigenvalue weighted by molar-refractivity contribution is 7.98. The second-order valence-corrected chi connectivity index (χ2v) is 5.13. The number of nitrogens with one attached hydrogen (secondary N) is 1. The van der Waals surface area contributed by atoms with Gasteiger partial charge in [-0.2, -0.15) is 11.8 Å². The second-order valence-electron chi connectivity index (χ2n) is 4.10. The summed E-state index contributed by atoms with van der Waals surface area (Å²) in [7, 11) is 1.79. The molecular formula is C14H21NO2S. The van der Waals surface area contributed by atoms with Gasteiger partial charge in [-0.05, 0) is 26.5 Å². The van der Waals surface area contributed by atoms with Gasteiger partial charge in [0, 0.05) is 11.5 Å². The van der Waals surface area contributed by atoms with E-state index in [9.17, 15) is 4.79 Å². The van der Waals surface area contributed by atoms with Gasteiger partial charge in [0.15, 0.2) is 0 Å². The van der Waals surface area contributed by atoms with Crippen molar-refractivity contribution in [1.29, 1.82) is 0 Å². The predicted molar refractivity (Wildman–Crippen MR) is 76.8 cm³/mol. The van der Waals surface area contributed by atoms with Crippen molar-refractivity contribution in [3.63, 3.8) is 0 Å². The van der Waals surface area contributed by atoms with E-state index in [1.807, 2.05) is 6.92 Å². The average Bonchev–Trinajstić information content (AvgIpc) is 2.35. The molecule has 0 amide bonds. The van der Waals surface area contributed by atoms with Gasteiger partial charge in [0.05, 0.1) is 6.61 Å². The van der Waals surface area contributed by atoms with Crippen LogP contribution in [-0.4, -0.2) is 31.4 Å². The normalized spacial score (nSPS) is 12.2. The molecule has 0 aliphatic carbocycles. The van der Waals surface area contributed by atoms with Crippen molar-refractivity contribution in [3.8, 4) is 0 Å². The number of carbonyl (C=O) groups excluding carboxylic acids is 1. The average molecular weight is 267 g/mol. The fourth-order valence-corrected chi connectivity index (χ4v) is 2.68. The molecule has 0 saturated carbocycles. The summed E-state index contributed by atoms with van der Waals surface area (Å²) in [6.45, 7) is 4.34. The molecule has 1 rings (SSSR count). The number of thioether (sulfide) groups is 1. The maximum atomic E-state index is 11.6. The van der Waals surface area contributed by atoms with Gasteiger partial charge in [-0.25, -0.2) is 0 Å². The van der Waals surface area contributed by atoms with Crippen molar-refractivity contribution < 1.29 is 9.53 Å². The molecule has 0 heterocycles. The molecule has 1 aromatic carbocycles. The van der Waals surface area contributed by atoms with Gasteiger partial charge in [0.2, 0.25) is 0 Å². The standard InChI is InChI=1S/C14H21NO2S/c1-4-17-14(16)13(15-3)10-18-9-12-7-5-6-11(2)8-12/h5-8,13,15H,4,9-10H2,1-3H3. The van der Waals surface area contributed by atoms with Gasteiger partial charge in [-0.3, -0.25) is 4.79 Å². The Hall–Kier alpha value is -1.00. The lowest BCUT2D eigenvalue weighted by molar-refractivity contribution is -0.144. The number of aryl methyl sites for hydroxylation is 1. The number of hydrogen-bond donors (Lipinski definition) is 1. The Morgan fingerprint density at radius 3 is 2.89 bits per heavy atom. The van der Waals surface area contributed by atoms with Gasteiger partial charge in [0.25, 0.3) is 0 Å². The Kier molecular flexibility index (Phi) is 6.83. The Balaban J connectivity index is 2.37. The Morgan fingerprint density at radius 1 is 1.50 bits per heavy atom. The second kappa shape index (κ2) is 8.16. The Bertz CT molecular complexity index is 382. The van der Waals surface area contributed by atoms with Crippen molar-refractivity contribution in [2.45, 2.75) is 25.6 Å². The molecular weight excluding hydrogens is 246 g/mol. The number of likely N-dealkylation sites (N-methyl/N-ethyl adjacent to an activating group) is 1. The van der Waals surface area contributed by atoms with E-state index >= 15 is 0 Å². The highest BCUT2D eigenvalue weighted by atomic mass is 32.2. The largest absolute Gasteiger partial charge is 0.465 e. The fourth-order valence-electron chi connectivity index (χ4n) is 1.61. The van der Waals surface area contributed by atoms with Crippen LogP contribution in [0, 0.1) is 6.92 Å². The fraction of sp³-hybridized carbons (Fsp3) is 0.500. The summed E-state index contributed by atoms with van der Waals surface area (Å²) in [5.74, 6) is 1.47. The summed E-state index contributed by atoms with van der Waals surface area (Å²) in [6.07, 6.45) is 0. The van der Waals surface area contributed by atoms with Crippen LogP contribution >= 0.6 is 11.8 Å². The van der Waals surface area contributed by atoms with Crippen LogP contribution in [-0.2, 0) is 15.3 Å².